The van der Waals surface area contributed by atoms with Gasteiger partial charge in [0.25, 0.3) is 0 Å². The molecular formula is C15H15N3. The second-order valence-electron chi connectivity index (χ2n) is 4.53. The highest BCUT2D eigenvalue weighted by atomic mass is 15.0. The highest BCUT2D eigenvalue weighted by molar-refractivity contribution is 5.91. The Labute approximate surface area is 106 Å². The standard InChI is InChI=1S/C15H15N3/c1-11-8-13-15(18(2)10-16-13)14(9-11)17-12-6-4-3-5-7-12/h3-10,17H,1-2H3. The Morgan fingerprint density at radius 1 is 1.11 bits per heavy atom. The van der Waals surface area contributed by atoms with Crippen LogP contribution in [-0.2, 0) is 7.05 Å². The largest absolute Gasteiger partial charge is 0.354 e. The molecule has 1 aromatic heterocycles. The number of imidazole rings is 1. The Hall–Kier alpha value is -2.29. The summed E-state index contributed by atoms with van der Waals surface area (Å²) in [4.78, 5) is 4.40. The fourth-order valence-corrected chi connectivity index (χ4v) is 2.21. The van der Waals surface area contributed by atoms with Crippen molar-refractivity contribution in [1.29, 1.82) is 0 Å². The van der Waals surface area contributed by atoms with E-state index in [2.05, 4.69) is 41.5 Å². The van der Waals surface area contributed by atoms with Crippen LogP contribution in [-0.4, -0.2) is 9.55 Å². The summed E-state index contributed by atoms with van der Waals surface area (Å²) in [6.45, 7) is 2.09. The molecule has 0 bridgehead atoms. The SMILES string of the molecule is Cc1cc(Nc2ccccc2)c2c(c1)ncn2C. The molecule has 0 aliphatic carbocycles. The Kier molecular flexibility index (Phi) is 2.52. The van der Waals surface area contributed by atoms with Crippen LogP contribution in [0.1, 0.15) is 5.56 Å². The molecule has 0 spiro atoms. The summed E-state index contributed by atoms with van der Waals surface area (Å²) in [6, 6.07) is 14.4. The van der Waals surface area contributed by atoms with Gasteiger partial charge in [0.05, 0.1) is 23.0 Å². The van der Waals surface area contributed by atoms with Gasteiger partial charge in [-0.2, -0.15) is 0 Å². The molecule has 3 heteroatoms. The maximum absolute atomic E-state index is 4.40. The summed E-state index contributed by atoms with van der Waals surface area (Å²) in [5.74, 6) is 0. The van der Waals surface area contributed by atoms with E-state index in [1.54, 1.807) is 0 Å². The van der Waals surface area contributed by atoms with Gasteiger partial charge in [-0.15, -0.1) is 0 Å². The molecule has 0 aliphatic rings. The summed E-state index contributed by atoms with van der Waals surface area (Å²) < 4.78 is 2.04. The summed E-state index contributed by atoms with van der Waals surface area (Å²) in [5.41, 5.74) is 5.54. The molecule has 1 heterocycles. The number of fused-ring (bicyclic) bond motifs is 1. The van der Waals surface area contributed by atoms with Crippen molar-refractivity contribution in [1.82, 2.24) is 9.55 Å². The van der Waals surface area contributed by atoms with E-state index in [4.69, 9.17) is 0 Å². The van der Waals surface area contributed by atoms with Crippen molar-refractivity contribution in [2.75, 3.05) is 5.32 Å². The van der Waals surface area contributed by atoms with Crippen LogP contribution < -0.4 is 5.32 Å². The topological polar surface area (TPSA) is 29.9 Å². The van der Waals surface area contributed by atoms with E-state index >= 15 is 0 Å². The van der Waals surface area contributed by atoms with Crippen molar-refractivity contribution in [2.24, 2.45) is 7.05 Å². The Bertz CT molecular complexity index is 684. The van der Waals surface area contributed by atoms with Gasteiger partial charge in [0, 0.05) is 12.7 Å². The lowest BCUT2D eigenvalue weighted by molar-refractivity contribution is 0.948. The molecule has 0 saturated carbocycles. The van der Waals surface area contributed by atoms with Gasteiger partial charge in [-0.25, -0.2) is 4.98 Å². The van der Waals surface area contributed by atoms with Crippen LogP contribution in [0.5, 0.6) is 0 Å². The van der Waals surface area contributed by atoms with Crippen LogP contribution in [0, 0.1) is 6.92 Å². The number of hydrogen-bond acceptors (Lipinski definition) is 2. The monoisotopic (exact) mass is 237 g/mol. The van der Waals surface area contributed by atoms with Crippen LogP contribution in [0.3, 0.4) is 0 Å². The fourth-order valence-electron chi connectivity index (χ4n) is 2.21. The van der Waals surface area contributed by atoms with Crippen LogP contribution in [0.15, 0.2) is 48.8 Å². The average molecular weight is 237 g/mol. The van der Waals surface area contributed by atoms with Crippen LogP contribution in [0.2, 0.25) is 0 Å². The van der Waals surface area contributed by atoms with Crippen molar-refractivity contribution >= 4 is 22.4 Å². The zero-order chi connectivity index (χ0) is 12.5. The summed E-state index contributed by atoms with van der Waals surface area (Å²) >= 11 is 0. The van der Waals surface area contributed by atoms with Crippen molar-refractivity contribution in [3.8, 4) is 0 Å². The zero-order valence-electron chi connectivity index (χ0n) is 10.5. The normalized spacial score (nSPS) is 10.8. The van der Waals surface area contributed by atoms with Gasteiger partial charge in [-0.3, -0.25) is 0 Å². The van der Waals surface area contributed by atoms with Crippen molar-refractivity contribution < 1.29 is 0 Å². The molecule has 0 fully saturated rings. The van der Waals surface area contributed by atoms with E-state index in [0.29, 0.717) is 0 Å². The van der Waals surface area contributed by atoms with E-state index in [-0.39, 0.29) is 0 Å². The summed E-state index contributed by atoms with van der Waals surface area (Å²) in [5, 5.41) is 3.45. The smallest absolute Gasteiger partial charge is 0.0956 e. The first-order valence-electron chi connectivity index (χ1n) is 5.98. The maximum atomic E-state index is 4.40. The van der Waals surface area contributed by atoms with Crippen LogP contribution in [0.4, 0.5) is 11.4 Å². The lowest BCUT2D eigenvalue weighted by Crippen LogP contribution is -1.95. The van der Waals surface area contributed by atoms with E-state index in [1.165, 1.54) is 5.56 Å². The maximum Gasteiger partial charge on any atom is 0.0956 e. The van der Waals surface area contributed by atoms with E-state index in [0.717, 1.165) is 22.4 Å². The molecule has 90 valence electrons. The van der Waals surface area contributed by atoms with Crippen LogP contribution >= 0.6 is 0 Å². The molecule has 0 unspecified atom stereocenters. The Morgan fingerprint density at radius 2 is 1.89 bits per heavy atom. The number of nitrogens with zero attached hydrogens (tertiary/aromatic N) is 2. The quantitative estimate of drug-likeness (QED) is 0.737. The Morgan fingerprint density at radius 3 is 2.67 bits per heavy atom. The molecule has 0 radical (unpaired) electrons. The third-order valence-corrected chi connectivity index (χ3v) is 3.01. The molecular weight excluding hydrogens is 222 g/mol. The molecule has 3 rings (SSSR count). The van der Waals surface area contributed by atoms with Gasteiger partial charge in [-0.1, -0.05) is 18.2 Å². The minimum atomic E-state index is 1.02. The van der Waals surface area contributed by atoms with Crippen LogP contribution in [0.25, 0.3) is 11.0 Å². The third kappa shape index (κ3) is 1.84. The molecule has 2 aromatic carbocycles. The van der Waals surface area contributed by atoms with Crippen molar-refractivity contribution in [3.63, 3.8) is 0 Å². The minimum Gasteiger partial charge on any atom is -0.354 e. The number of anilines is 2. The first-order chi connectivity index (χ1) is 8.74. The Balaban J connectivity index is 2.13. The molecule has 3 nitrogen and oxygen atoms in total. The number of hydrogen-bond donors (Lipinski definition) is 1. The van der Waals surface area contributed by atoms with Gasteiger partial charge in [0.1, 0.15) is 0 Å². The number of benzene rings is 2. The molecule has 3 aromatic rings. The van der Waals surface area contributed by atoms with Gasteiger partial charge < -0.3 is 9.88 Å². The fraction of sp³-hybridized carbons (Fsp3) is 0.133. The lowest BCUT2D eigenvalue weighted by Gasteiger charge is -2.10. The van der Waals surface area contributed by atoms with Crippen molar-refractivity contribution in [2.45, 2.75) is 6.92 Å². The summed E-state index contributed by atoms with van der Waals surface area (Å²) in [7, 11) is 2.01. The van der Waals surface area contributed by atoms with Gasteiger partial charge in [0.2, 0.25) is 0 Å². The predicted octanol–water partition coefficient (Wildman–Crippen LogP) is 3.63. The highest BCUT2D eigenvalue weighted by Gasteiger charge is 2.07. The van der Waals surface area contributed by atoms with Gasteiger partial charge in [-0.05, 0) is 36.8 Å². The molecule has 0 amide bonds. The number of para-hydroxylation sites is 1. The van der Waals surface area contributed by atoms with E-state index in [9.17, 15) is 0 Å². The lowest BCUT2D eigenvalue weighted by atomic mass is 10.1. The summed E-state index contributed by atoms with van der Waals surface area (Å²) in [6.07, 6.45) is 1.85. The number of aryl methyl sites for hydroxylation is 2. The number of nitrogens with one attached hydrogen (secondary N) is 1. The second-order valence-corrected chi connectivity index (χ2v) is 4.53. The van der Waals surface area contributed by atoms with Gasteiger partial charge >= 0.3 is 0 Å². The number of aromatic nitrogens is 2. The van der Waals surface area contributed by atoms with E-state index < -0.39 is 0 Å². The third-order valence-electron chi connectivity index (χ3n) is 3.01. The molecule has 0 atom stereocenters. The van der Waals surface area contributed by atoms with Gasteiger partial charge in [0.15, 0.2) is 0 Å². The predicted molar refractivity (Wildman–Crippen MR) is 75.2 cm³/mol. The number of rotatable bonds is 2. The molecule has 0 aliphatic heterocycles. The molecule has 1 N–H and O–H groups in total. The first-order valence-corrected chi connectivity index (χ1v) is 5.98. The minimum absolute atomic E-state index is 1.02. The zero-order valence-corrected chi connectivity index (χ0v) is 10.5. The second kappa shape index (κ2) is 4.18. The molecule has 0 saturated heterocycles. The van der Waals surface area contributed by atoms with Crippen molar-refractivity contribution in [3.05, 3.63) is 54.4 Å². The molecule has 18 heavy (non-hydrogen) atoms. The average Bonchev–Trinajstić information content (AvgIpc) is 2.72. The van der Waals surface area contributed by atoms with E-state index in [1.807, 2.05) is 36.1 Å². The first kappa shape index (κ1) is 10.8. The highest BCUT2D eigenvalue weighted by Crippen LogP contribution is 2.27.